The number of hydrogen-bond donors (Lipinski definition) is 2. The summed E-state index contributed by atoms with van der Waals surface area (Å²) >= 11 is 1.80. The summed E-state index contributed by atoms with van der Waals surface area (Å²) < 4.78 is 0. The Morgan fingerprint density at radius 1 is 1.14 bits per heavy atom. The molecule has 114 valence electrons. The lowest BCUT2D eigenvalue weighted by atomic mass is 10.2. The second-order valence-corrected chi connectivity index (χ2v) is 6.37. The van der Waals surface area contributed by atoms with Gasteiger partial charge in [0, 0.05) is 30.0 Å². The van der Waals surface area contributed by atoms with Gasteiger partial charge in [0.2, 0.25) is 0 Å². The third-order valence-corrected chi connectivity index (χ3v) is 4.01. The van der Waals surface area contributed by atoms with Crippen LogP contribution in [0.15, 0.2) is 23.6 Å². The van der Waals surface area contributed by atoms with Crippen molar-refractivity contribution in [1.29, 1.82) is 0 Å². The number of nitrogens with zero attached hydrogens (tertiary/aromatic N) is 2. The number of anilines is 2. The summed E-state index contributed by atoms with van der Waals surface area (Å²) in [5.41, 5.74) is 0. The van der Waals surface area contributed by atoms with Gasteiger partial charge in [-0.05, 0) is 24.3 Å². The first kappa shape index (κ1) is 15.8. The minimum absolute atomic E-state index is 0.325. The van der Waals surface area contributed by atoms with Crippen molar-refractivity contribution in [2.45, 2.75) is 39.5 Å². The zero-order chi connectivity index (χ0) is 15.1. The molecule has 0 aliphatic carbocycles. The largest absolute Gasteiger partial charge is 0.370 e. The highest BCUT2D eigenvalue weighted by Gasteiger charge is 2.07. The van der Waals surface area contributed by atoms with Crippen molar-refractivity contribution in [3.05, 3.63) is 34.3 Å². The molecule has 4 nitrogen and oxygen atoms in total. The maximum Gasteiger partial charge on any atom is 0.135 e. The molecular weight excluding hydrogens is 280 g/mol. The summed E-state index contributed by atoms with van der Waals surface area (Å²) in [6, 6.07) is 6.25. The molecule has 5 heteroatoms. The number of thiophene rings is 1. The van der Waals surface area contributed by atoms with Gasteiger partial charge in [-0.1, -0.05) is 26.8 Å². The Kier molecular flexibility index (Phi) is 5.99. The van der Waals surface area contributed by atoms with Crippen molar-refractivity contribution in [2.75, 3.05) is 23.7 Å². The summed E-state index contributed by atoms with van der Waals surface area (Å²) in [6.07, 6.45) is 2.11. The van der Waals surface area contributed by atoms with Gasteiger partial charge in [-0.2, -0.15) is 0 Å². The number of nitrogens with one attached hydrogen (secondary N) is 2. The quantitative estimate of drug-likeness (QED) is 0.769. The van der Waals surface area contributed by atoms with Crippen molar-refractivity contribution in [3.63, 3.8) is 0 Å². The molecular formula is C16H24N4S. The Balaban J connectivity index is 2.00. The summed E-state index contributed by atoms with van der Waals surface area (Å²) in [7, 11) is 0. The molecule has 0 aromatic carbocycles. The van der Waals surface area contributed by atoms with E-state index in [1.165, 1.54) is 4.88 Å². The van der Waals surface area contributed by atoms with E-state index < -0.39 is 0 Å². The van der Waals surface area contributed by atoms with E-state index in [4.69, 9.17) is 0 Å². The maximum absolute atomic E-state index is 4.60. The Hall–Kier alpha value is -1.62. The fourth-order valence-corrected chi connectivity index (χ4v) is 2.64. The third kappa shape index (κ3) is 5.01. The molecule has 0 fully saturated rings. The fourth-order valence-electron chi connectivity index (χ4n) is 1.93. The zero-order valence-electron chi connectivity index (χ0n) is 13.0. The number of hydrogen-bond acceptors (Lipinski definition) is 5. The first-order chi connectivity index (χ1) is 10.2. The van der Waals surface area contributed by atoms with Crippen LogP contribution in [0, 0.1) is 0 Å². The molecule has 0 aliphatic rings. The van der Waals surface area contributed by atoms with Crippen LogP contribution < -0.4 is 10.6 Å². The zero-order valence-corrected chi connectivity index (χ0v) is 13.8. The summed E-state index contributed by atoms with van der Waals surface area (Å²) in [4.78, 5) is 10.6. The lowest BCUT2D eigenvalue weighted by Crippen LogP contribution is -2.11. The molecule has 0 saturated heterocycles. The minimum atomic E-state index is 0.325. The van der Waals surface area contributed by atoms with Gasteiger partial charge >= 0.3 is 0 Å². The lowest BCUT2D eigenvalue weighted by Gasteiger charge is -2.12. The molecule has 0 bridgehead atoms. The molecule has 21 heavy (non-hydrogen) atoms. The highest BCUT2D eigenvalue weighted by molar-refractivity contribution is 7.09. The predicted molar refractivity (Wildman–Crippen MR) is 91.4 cm³/mol. The van der Waals surface area contributed by atoms with Gasteiger partial charge in [0.1, 0.15) is 17.5 Å². The van der Waals surface area contributed by atoms with Crippen molar-refractivity contribution < 1.29 is 0 Å². The topological polar surface area (TPSA) is 49.8 Å². The summed E-state index contributed by atoms with van der Waals surface area (Å²) in [5.74, 6) is 3.03. The van der Waals surface area contributed by atoms with E-state index in [0.717, 1.165) is 43.4 Å². The molecule has 0 atom stereocenters. The third-order valence-electron chi connectivity index (χ3n) is 3.07. The number of rotatable bonds is 8. The normalized spacial score (nSPS) is 10.9. The van der Waals surface area contributed by atoms with E-state index in [1.54, 1.807) is 11.3 Å². The van der Waals surface area contributed by atoms with Crippen LogP contribution in [0.2, 0.25) is 0 Å². The molecule has 0 amide bonds. The Bertz CT molecular complexity index is 537. The van der Waals surface area contributed by atoms with Crippen molar-refractivity contribution in [3.8, 4) is 0 Å². The maximum atomic E-state index is 4.60. The van der Waals surface area contributed by atoms with E-state index in [9.17, 15) is 0 Å². The summed E-state index contributed by atoms with van der Waals surface area (Å²) in [5, 5.41) is 8.87. The van der Waals surface area contributed by atoms with Crippen LogP contribution in [0.1, 0.15) is 43.8 Å². The highest BCUT2D eigenvalue weighted by atomic mass is 32.1. The van der Waals surface area contributed by atoms with Gasteiger partial charge in [0.05, 0.1) is 0 Å². The van der Waals surface area contributed by atoms with Crippen LogP contribution >= 0.6 is 11.3 Å². The monoisotopic (exact) mass is 304 g/mol. The van der Waals surface area contributed by atoms with Crippen molar-refractivity contribution >= 4 is 23.0 Å². The van der Waals surface area contributed by atoms with Gasteiger partial charge in [0.15, 0.2) is 0 Å². The van der Waals surface area contributed by atoms with E-state index in [1.807, 2.05) is 6.07 Å². The van der Waals surface area contributed by atoms with Crippen LogP contribution in [0.4, 0.5) is 11.6 Å². The molecule has 2 aromatic heterocycles. The number of aromatic nitrogens is 2. The SMILES string of the molecule is CCCNc1cc(NCCc2cccs2)nc(C(C)C)n1. The average Bonchev–Trinajstić information content (AvgIpc) is 2.98. The van der Waals surface area contributed by atoms with Gasteiger partial charge in [0.25, 0.3) is 0 Å². The Morgan fingerprint density at radius 3 is 2.43 bits per heavy atom. The fraction of sp³-hybridized carbons (Fsp3) is 0.500. The first-order valence-corrected chi connectivity index (χ1v) is 8.46. The molecule has 0 radical (unpaired) electrons. The lowest BCUT2D eigenvalue weighted by molar-refractivity contribution is 0.773. The van der Waals surface area contributed by atoms with Gasteiger partial charge in [-0.25, -0.2) is 9.97 Å². The molecule has 0 saturated carbocycles. The van der Waals surface area contributed by atoms with Crippen molar-refractivity contribution in [2.24, 2.45) is 0 Å². The van der Waals surface area contributed by atoms with Gasteiger partial charge in [-0.15, -0.1) is 11.3 Å². The minimum Gasteiger partial charge on any atom is -0.370 e. The second kappa shape index (κ2) is 7.98. The predicted octanol–water partition coefficient (Wildman–Crippen LogP) is 4.14. The van der Waals surface area contributed by atoms with Crippen LogP contribution in [0.3, 0.4) is 0 Å². The highest BCUT2D eigenvalue weighted by Crippen LogP contribution is 2.17. The standard InChI is InChI=1S/C16H24N4S/c1-4-8-17-14-11-15(20-16(19-14)12(2)3)18-9-7-13-6-5-10-21-13/h5-6,10-12H,4,7-9H2,1-3H3,(H2,17,18,19,20). The first-order valence-electron chi connectivity index (χ1n) is 7.58. The molecule has 2 rings (SSSR count). The molecule has 0 aliphatic heterocycles. The summed E-state index contributed by atoms with van der Waals surface area (Å²) in [6.45, 7) is 8.21. The van der Waals surface area contributed by atoms with E-state index >= 15 is 0 Å². The smallest absolute Gasteiger partial charge is 0.135 e. The Morgan fingerprint density at radius 2 is 1.86 bits per heavy atom. The average molecular weight is 304 g/mol. The van der Waals surface area contributed by atoms with Crippen molar-refractivity contribution in [1.82, 2.24) is 9.97 Å². The van der Waals surface area contributed by atoms with E-state index in [0.29, 0.717) is 5.92 Å². The van der Waals surface area contributed by atoms with E-state index in [2.05, 4.69) is 58.9 Å². The molecule has 2 aromatic rings. The molecule has 2 heterocycles. The Labute approximate surface area is 131 Å². The molecule has 0 unspecified atom stereocenters. The van der Waals surface area contributed by atoms with Crippen LogP contribution in [-0.2, 0) is 6.42 Å². The van der Waals surface area contributed by atoms with E-state index in [-0.39, 0.29) is 0 Å². The van der Waals surface area contributed by atoms with Crippen LogP contribution in [0.5, 0.6) is 0 Å². The molecule has 0 spiro atoms. The van der Waals surface area contributed by atoms with Crippen LogP contribution in [0.25, 0.3) is 0 Å². The van der Waals surface area contributed by atoms with Gasteiger partial charge in [-0.3, -0.25) is 0 Å². The second-order valence-electron chi connectivity index (χ2n) is 5.33. The van der Waals surface area contributed by atoms with Crippen LogP contribution in [-0.4, -0.2) is 23.1 Å². The van der Waals surface area contributed by atoms with Gasteiger partial charge < -0.3 is 10.6 Å². The molecule has 2 N–H and O–H groups in total.